The predicted molar refractivity (Wildman–Crippen MR) is 86.2 cm³/mol. The van der Waals surface area contributed by atoms with E-state index in [9.17, 15) is 9.50 Å². The maximum Gasteiger partial charge on any atom is 0.191 e. The molecule has 0 spiro atoms. The highest BCUT2D eigenvalue weighted by atomic mass is 32.2. The van der Waals surface area contributed by atoms with Gasteiger partial charge in [0, 0.05) is 25.4 Å². The number of thioether (sulfide) groups is 1. The molecule has 0 bridgehead atoms. The molecule has 3 N–H and O–H groups in total. The molecule has 0 aromatic heterocycles. The quantitative estimate of drug-likeness (QED) is 0.574. The summed E-state index contributed by atoms with van der Waals surface area (Å²) in [5, 5.41) is 17.1. The molecule has 1 aromatic carbocycles. The second-order valence-electron chi connectivity index (χ2n) is 5.04. The van der Waals surface area contributed by atoms with Crippen LogP contribution in [-0.2, 0) is 0 Å². The number of halogens is 1. The third-order valence-electron chi connectivity index (χ3n) is 3.46. The number of rotatable bonds is 5. The minimum absolute atomic E-state index is 0.301. The number of hydrogen-bond donors (Lipinski definition) is 3. The number of aliphatic imine (C=N–C) groups is 1. The van der Waals surface area contributed by atoms with Crippen LogP contribution in [0.4, 0.5) is 4.39 Å². The van der Waals surface area contributed by atoms with E-state index in [-0.39, 0.29) is 5.82 Å². The Morgan fingerprint density at radius 2 is 2.19 bits per heavy atom. The molecule has 1 aromatic rings. The van der Waals surface area contributed by atoms with Gasteiger partial charge in [0.25, 0.3) is 0 Å². The molecule has 0 saturated carbocycles. The minimum Gasteiger partial charge on any atom is -0.387 e. The number of hydrogen-bond acceptors (Lipinski definition) is 3. The summed E-state index contributed by atoms with van der Waals surface area (Å²) in [5.74, 6) is 1.62. The van der Waals surface area contributed by atoms with Gasteiger partial charge in [-0.1, -0.05) is 12.1 Å². The van der Waals surface area contributed by atoms with Crippen LogP contribution in [0.25, 0.3) is 0 Å². The van der Waals surface area contributed by atoms with Crippen molar-refractivity contribution in [3.8, 4) is 0 Å². The second-order valence-corrected chi connectivity index (χ2v) is 6.44. The topological polar surface area (TPSA) is 56.7 Å². The Kier molecular flexibility index (Phi) is 6.32. The van der Waals surface area contributed by atoms with Crippen LogP contribution >= 0.6 is 11.8 Å². The van der Waals surface area contributed by atoms with Crippen molar-refractivity contribution >= 4 is 17.7 Å². The van der Waals surface area contributed by atoms with Crippen LogP contribution in [0.2, 0.25) is 0 Å². The lowest BCUT2D eigenvalue weighted by Gasteiger charge is -2.17. The van der Waals surface area contributed by atoms with Crippen LogP contribution in [0.1, 0.15) is 24.5 Å². The van der Waals surface area contributed by atoms with E-state index < -0.39 is 6.10 Å². The van der Waals surface area contributed by atoms with Crippen molar-refractivity contribution in [1.82, 2.24) is 10.6 Å². The molecule has 2 rings (SSSR count). The summed E-state index contributed by atoms with van der Waals surface area (Å²) in [6, 6.07) is 5.88. The Bertz CT molecular complexity index is 460. The molecule has 2 unspecified atom stereocenters. The Balaban J connectivity index is 1.75. The number of aliphatic hydroxyl groups excluding tert-OH is 1. The SMILES string of the molecule is CN=C(NCC1CCCS1)NCC(O)c1ccc(F)cc1. The van der Waals surface area contributed by atoms with Crippen molar-refractivity contribution in [3.63, 3.8) is 0 Å². The lowest BCUT2D eigenvalue weighted by Crippen LogP contribution is -2.41. The zero-order chi connectivity index (χ0) is 15.1. The average molecular weight is 311 g/mol. The van der Waals surface area contributed by atoms with Gasteiger partial charge in [0.05, 0.1) is 6.10 Å². The fraction of sp³-hybridized carbons (Fsp3) is 0.533. The van der Waals surface area contributed by atoms with Crippen LogP contribution in [0.15, 0.2) is 29.3 Å². The molecule has 4 nitrogen and oxygen atoms in total. The zero-order valence-corrected chi connectivity index (χ0v) is 13.0. The fourth-order valence-corrected chi connectivity index (χ4v) is 3.43. The van der Waals surface area contributed by atoms with Gasteiger partial charge in [0.15, 0.2) is 5.96 Å². The largest absolute Gasteiger partial charge is 0.387 e. The van der Waals surface area contributed by atoms with Gasteiger partial charge in [-0.2, -0.15) is 11.8 Å². The van der Waals surface area contributed by atoms with Crippen molar-refractivity contribution in [1.29, 1.82) is 0 Å². The first kappa shape index (κ1) is 16.1. The lowest BCUT2D eigenvalue weighted by molar-refractivity contribution is 0.180. The highest BCUT2D eigenvalue weighted by Gasteiger charge is 2.16. The first-order valence-electron chi connectivity index (χ1n) is 7.18. The summed E-state index contributed by atoms with van der Waals surface area (Å²) in [6.45, 7) is 1.22. The van der Waals surface area contributed by atoms with Gasteiger partial charge < -0.3 is 15.7 Å². The highest BCUT2D eigenvalue weighted by Crippen LogP contribution is 2.25. The smallest absolute Gasteiger partial charge is 0.191 e. The van der Waals surface area contributed by atoms with Gasteiger partial charge >= 0.3 is 0 Å². The van der Waals surface area contributed by atoms with E-state index >= 15 is 0 Å². The highest BCUT2D eigenvalue weighted by molar-refractivity contribution is 8.00. The summed E-state index contributed by atoms with van der Waals surface area (Å²) in [4.78, 5) is 4.14. The summed E-state index contributed by atoms with van der Waals surface area (Å²) in [5.41, 5.74) is 0.686. The van der Waals surface area contributed by atoms with E-state index in [1.807, 2.05) is 11.8 Å². The van der Waals surface area contributed by atoms with Crippen LogP contribution in [0.5, 0.6) is 0 Å². The minimum atomic E-state index is -0.690. The van der Waals surface area contributed by atoms with E-state index in [1.54, 1.807) is 19.2 Å². The first-order chi connectivity index (χ1) is 10.2. The van der Waals surface area contributed by atoms with E-state index in [1.165, 1.54) is 30.7 Å². The van der Waals surface area contributed by atoms with E-state index in [0.29, 0.717) is 23.3 Å². The monoisotopic (exact) mass is 311 g/mol. The molecule has 1 aliphatic heterocycles. The first-order valence-corrected chi connectivity index (χ1v) is 8.23. The average Bonchev–Trinajstić information content (AvgIpc) is 3.01. The fourth-order valence-electron chi connectivity index (χ4n) is 2.23. The number of guanidine groups is 1. The standard InChI is InChI=1S/C15H22FN3OS/c1-17-15(18-9-13-3-2-8-21-13)19-10-14(20)11-4-6-12(16)7-5-11/h4-7,13-14,20H,2-3,8-10H2,1H3,(H2,17,18,19). The van der Waals surface area contributed by atoms with Gasteiger partial charge in [-0.25, -0.2) is 4.39 Å². The molecule has 1 saturated heterocycles. The Morgan fingerprint density at radius 3 is 2.81 bits per heavy atom. The Morgan fingerprint density at radius 1 is 1.43 bits per heavy atom. The summed E-state index contributed by atoms with van der Waals surface area (Å²) >= 11 is 1.99. The third-order valence-corrected chi connectivity index (χ3v) is 4.86. The maximum atomic E-state index is 12.8. The Labute approximate surface area is 129 Å². The lowest BCUT2D eigenvalue weighted by atomic mass is 10.1. The van der Waals surface area contributed by atoms with Crippen molar-refractivity contribution in [3.05, 3.63) is 35.6 Å². The van der Waals surface area contributed by atoms with E-state index in [0.717, 1.165) is 6.54 Å². The molecular weight excluding hydrogens is 289 g/mol. The summed E-state index contributed by atoms with van der Waals surface area (Å²) < 4.78 is 12.8. The molecule has 6 heteroatoms. The number of nitrogens with one attached hydrogen (secondary N) is 2. The summed E-state index contributed by atoms with van der Waals surface area (Å²) in [6.07, 6.45) is 1.84. The molecule has 1 aliphatic rings. The molecule has 1 fully saturated rings. The molecular formula is C15H22FN3OS. The number of benzene rings is 1. The number of nitrogens with zero attached hydrogens (tertiary/aromatic N) is 1. The maximum absolute atomic E-state index is 12.8. The summed E-state index contributed by atoms with van der Waals surface area (Å²) in [7, 11) is 1.71. The van der Waals surface area contributed by atoms with Crippen LogP contribution in [-0.4, -0.2) is 42.2 Å². The van der Waals surface area contributed by atoms with Crippen molar-refractivity contribution in [2.75, 3.05) is 25.9 Å². The Hall–Kier alpha value is -1.27. The zero-order valence-electron chi connectivity index (χ0n) is 12.2. The van der Waals surface area contributed by atoms with Crippen molar-refractivity contribution < 1.29 is 9.50 Å². The van der Waals surface area contributed by atoms with Gasteiger partial charge in [-0.05, 0) is 36.3 Å². The van der Waals surface area contributed by atoms with Gasteiger partial charge in [-0.15, -0.1) is 0 Å². The molecule has 2 atom stereocenters. The molecule has 0 radical (unpaired) electrons. The molecule has 0 aliphatic carbocycles. The van der Waals surface area contributed by atoms with Crippen LogP contribution in [0, 0.1) is 5.82 Å². The second kappa shape index (κ2) is 8.24. The normalized spacial score (nSPS) is 20.3. The van der Waals surface area contributed by atoms with Crippen molar-refractivity contribution in [2.24, 2.45) is 4.99 Å². The molecule has 21 heavy (non-hydrogen) atoms. The molecule has 0 amide bonds. The van der Waals surface area contributed by atoms with Crippen LogP contribution in [0.3, 0.4) is 0 Å². The molecule has 1 heterocycles. The van der Waals surface area contributed by atoms with E-state index in [2.05, 4.69) is 15.6 Å². The molecule has 116 valence electrons. The van der Waals surface area contributed by atoms with Gasteiger partial charge in [-0.3, -0.25) is 4.99 Å². The number of aliphatic hydroxyl groups is 1. The predicted octanol–water partition coefficient (Wildman–Crippen LogP) is 1.92. The van der Waals surface area contributed by atoms with Crippen molar-refractivity contribution in [2.45, 2.75) is 24.2 Å². The third kappa shape index (κ3) is 5.21. The van der Waals surface area contributed by atoms with Crippen LogP contribution < -0.4 is 10.6 Å². The van der Waals surface area contributed by atoms with Gasteiger partial charge in [0.2, 0.25) is 0 Å². The van der Waals surface area contributed by atoms with Gasteiger partial charge in [0.1, 0.15) is 5.82 Å². The van der Waals surface area contributed by atoms with E-state index in [4.69, 9.17) is 0 Å².